The maximum atomic E-state index is 12.4. The minimum atomic E-state index is 0.0960. The molecule has 0 fully saturated rings. The summed E-state index contributed by atoms with van der Waals surface area (Å²) in [4.78, 5) is 15.2. The number of halogens is 2. The monoisotopic (exact) mass is 370 g/mol. The van der Waals surface area contributed by atoms with Crippen molar-refractivity contribution in [2.75, 3.05) is 0 Å². The van der Waals surface area contributed by atoms with Crippen LogP contribution >= 0.6 is 50.6 Å². The topological polar surface area (TPSA) is 17.1 Å². The van der Waals surface area contributed by atoms with Gasteiger partial charge in [-0.3, -0.25) is 4.79 Å². The standard InChI is InChI=1S/C14H8BrClOS2/c1-7-2-9(16)4-11-13(7)14(17)12(19-11)5-10-3-8(15)6-18-10/h2-6H,1H3/b12-5+. The van der Waals surface area contributed by atoms with E-state index >= 15 is 0 Å². The maximum Gasteiger partial charge on any atom is 0.201 e. The van der Waals surface area contributed by atoms with Crippen molar-refractivity contribution in [3.05, 3.63) is 54.0 Å². The van der Waals surface area contributed by atoms with Gasteiger partial charge >= 0.3 is 0 Å². The molecule has 3 rings (SSSR count). The van der Waals surface area contributed by atoms with E-state index in [1.807, 2.05) is 36.6 Å². The van der Waals surface area contributed by atoms with Crippen molar-refractivity contribution in [1.29, 1.82) is 0 Å². The second-order valence-corrected chi connectivity index (χ2v) is 7.58. The Morgan fingerprint density at radius 1 is 1.32 bits per heavy atom. The summed E-state index contributed by atoms with van der Waals surface area (Å²) >= 11 is 12.6. The van der Waals surface area contributed by atoms with Gasteiger partial charge in [-0.25, -0.2) is 0 Å². The molecule has 2 aromatic rings. The molecule has 1 aliphatic rings. The summed E-state index contributed by atoms with van der Waals surface area (Å²) in [5.74, 6) is 0.0960. The molecule has 0 saturated carbocycles. The number of carbonyl (C=O) groups excluding carboxylic acids is 1. The van der Waals surface area contributed by atoms with Crippen molar-refractivity contribution in [3.63, 3.8) is 0 Å². The zero-order chi connectivity index (χ0) is 13.6. The summed E-state index contributed by atoms with van der Waals surface area (Å²) in [6, 6.07) is 5.70. The molecule has 0 saturated heterocycles. The van der Waals surface area contributed by atoms with Crippen LogP contribution in [0.1, 0.15) is 20.8 Å². The summed E-state index contributed by atoms with van der Waals surface area (Å²) in [5.41, 5.74) is 1.73. The fourth-order valence-electron chi connectivity index (χ4n) is 2.00. The molecule has 0 bridgehead atoms. The minimum absolute atomic E-state index is 0.0960. The SMILES string of the molecule is Cc1cc(Cl)cc2c1C(=O)/C(=C\c1cc(Br)cs1)S2. The lowest BCUT2D eigenvalue weighted by atomic mass is 10.0. The van der Waals surface area contributed by atoms with E-state index in [2.05, 4.69) is 15.9 Å². The van der Waals surface area contributed by atoms with Crippen LogP contribution < -0.4 is 0 Å². The molecule has 0 radical (unpaired) electrons. The number of rotatable bonds is 1. The molecule has 0 unspecified atom stereocenters. The van der Waals surface area contributed by atoms with Crippen molar-refractivity contribution >= 4 is 62.5 Å². The van der Waals surface area contributed by atoms with Crippen LogP contribution in [0.25, 0.3) is 6.08 Å². The number of Topliss-reactive ketones (excluding diaryl/α,β-unsaturated/α-hetero) is 1. The Morgan fingerprint density at radius 3 is 2.79 bits per heavy atom. The second kappa shape index (κ2) is 5.09. The van der Waals surface area contributed by atoms with Gasteiger partial charge in [-0.1, -0.05) is 23.4 Å². The first-order valence-corrected chi connectivity index (χ1v) is 8.40. The highest BCUT2D eigenvalue weighted by Gasteiger charge is 2.28. The number of allylic oxidation sites excluding steroid dienone is 1. The number of hydrogen-bond donors (Lipinski definition) is 0. The summed E-state index contributed by atoms with van der Waals surface area (Å²) in [6.45, 7) is 1.92. The van der Waals surface area contributed by atoms with Crippen LogP contribution in [0.2, 0.25) is 5.02 Å². The lowest BCUT2D eigenvalue weighted by Crippen LogP contribution is -1.97. The largest absolute Gasteiger partial charge is 0.288 e. The molecule has 1 aromatic carbocycles. The van der Waals surface area contributed by atoms with Crippen LogP contribution in [0, 0.1) is 6.92 Å². The molecule has 1 nitrogen and oxygen atoms in total. The number of thioether (sulfide) groups is 1. The lowest BCUT2D eigenvalue weighted by molar-refractivity contribution is 0.104. The molecule has 2 heterocycles. The quantitative estimate of drug-likeness (QED) is 0.589. The van der Waals surface area contributed by atoms with E-state index in [1.54, 1.807) is 11.3 Å². The first-order chi connectivity index (χ1) is 9.04. The Balaban J connectivity index is 2.04. The van der Waals surface area contributed by atoms with Crippen LogP contribution in [-0.4, -0.2) is 5.78 Å². The molecule has 19 heavy (non-hydrogen) atoms. The zero-order valence-corrected chi connectivity index (χ0v) is 13.8. The van der Waals surface area contributed by atoms with E-state index < -0.39 is 0 Å². The molecule has 96 valence electrons. The van der Waals surface area contributed by atoms with Gasteiger partial charge in [0.2, 0.25) is 5.78 Å². The highest BCUT2D eigenvalue weighted by Crippen LogP contribution is 2.44. The fraction of sp³-hybridized carbons (Fsp3) is 0.0714. The molecule has 0 aliphatic carbocycles. The molecule has 0 N–H and O–H groups in total. The number of aryl methyl sites for hydroxylation is 1. The molecule has 1 aromatic heterocycles. The van der Waals surface area contributed by atoms with E-state index in [-0.39, 0.29) is 5.78 Å². The maximum absolute atomic E-state index is 12.4. The van der Waals surface area contributed by atoms with Crippen LogP contribution in [0.3, 0.4) is 0 Å². The number of hydrogen-bond acceptors (Lipinski definition) is 3. The van der Waals surface area contributed by atoms with Gasteiger partial charge in [-0.2, -0.15) is 0 Å². The van der Waals surface area contributed by atoms with Crippen molar-refractivity contribution in [3.8, 4) is 0 Å². The Kier molecular flexibility index (Phi) is 3.60. The van der Waals surface area contributed by atoms with Crippen molar-refractivity contribution < 1.29 is 4.79 Å². The first kappa shape index (κ1) is 13.4. The molecule has 0 amide bonds. The van der Waals surface area contributed by atoms with Crippen LogP contribution in [0.5, 0.6) is 0 Å². The summed E-state index contributed by atoms with van der Waals surface area (Å²) in [7, 11) is 0. The van der Waals surface area contributed by atoms with Gasteiger partial charge in [0.15, 0.2) is 0 Å². The number of carbonyl (C=O) groups is 1. The molecular formula is C14H8BrClOS2. The minimum Gasteiger partial charge on any atom is -0.288 e. The van der Waals surface area contributed by atoms with E-state index in [4.69, 9.17) is 11.6 Å². The summed E-state index contributed by atoms with van der Waals surface area (Å²) < 4.78 is 1.04. The highest BCUT2D eigenvalue weighted by molar-refractivity contribution is 9.10. The third-order valence-corrected chi connectivity index (χ3v) is 5.72. The Labute approximate surface area is 132 Å². The van der Waals surface area contributed by atoms with Gasteiger partial charge in [-0.15, -0.1) is 11.3 Å². The number of ketones is 1. The van der Waals surface area contributed by atoms with Gasteiger partial charge in [0, 0.05) is 30.2 Å². The summed E-state index contributed by atoms with van der Waals surface area (Å²) in [6.07, 6.45) is 1.94. The number of fused-ring (bicyclic) bond motifs is 1. The van der Waals surface area contributed by atoms with E-state index in [0.717, 1.165) is 30.3 Å². The molecule has 1 aliphatic heterocycles. The van der Waals surface area contributed by atoms with Crippen LogP contribution in [0.15, 0.2) is 37.9 Å². The molecule has 0 atom stereocenters. The van der Waals surface area contributed by atoms with E-state index in [1.165, 1.54) is 11.8 Å². The normalized spacial score (nSPS) is 16.2. The smallest absolute Gasteiger partial charge is 0.201 e. The predicted octanol–water partition coefficient (Wildman–Crippen LogP) is 5.80. The zero-order valence-electron chi connectivity index (χ0n) is 9.87. The average molecular weight is 372 g/mol. The van der Waals surface area contributed by atoms with E-state index in [9.17, 15) is 4.79 Å². The van der Waals surface area contributed by atoms with Gasteiger partial charge in [0.25, 0.3) is 0 Å². The predicted molar refractivity (Wildman–Crippen MR) is 86.4 cm³/mol. The molecule has 0 spiro atoms. The van der Waals surface area contributed by atoms with Gasteiger partial charge in [0.1, 0.15) is 0 Å². The first-order valence-electron chi connectivity index (χ1n) is 5.53. The van der Waals surface area contributed by atoms with E-state index in [0.29, 0.717) is 5.02 Å². The van der Waals surface area contributed by atoms with Crippen LogP contribution in [-0.2, 0) is 0 Å². The Bertz CT molecular complexity index is 718. The fourth-order valence-corrected chi connectivity index (χ4v) is 4.95. The second-order valence-electron chi connectivity index (χ2n) is 4.20. The molecular weight excluding hydrogens is 364 g/mol. The summed E-state index contributed by atoms with van der Waals surface area (Å²) in [5, 5.41) is 2.68. The number of benzene rings is 1. The average Bonchev–Trinajstić information content (AvgIpc) is 2.84. The van der Waals surface area contributed by atoms with Gasteiger partial charge in [-0.05, 0) is 52.7 Å². The van der Waals surface area contributed by atoms with Crippen molar-refractivity contribution in [2.24, 2.45) is 0 Å². The third kappa shape index (κ3) is 2.55. The van der Waals surface area contributed by atoms with Gasteiger partial charge in [0.05, 0.1) is 4.91 Å². The number of thiophene rings is 1. The Morgan fingerprint density at radius 2 is 2.11 bits per heavy atom. The van der Waals surface area contributed by atoms with Crippen LogP contribution in [0.4, 0.5) is 0 Å². The lowest BCUT2D eigenvalue weighted by Gasteiger charge is -2.00. The van der Waals surface area contributed by atoms with Gasteiger partial charge < -0.3 is 0 Å². The molecule has 5 heteroatoms. The Hall–Kier alpha value is -0.550. The third-order valence-electron chi connectivity index (χ3n) is 2.80. The van der Waals surface area contributed by atoms with Crippen molar-refractivity contribution in [2.45, 2.75) is 11.8 Å². The van der Waals surface area contributed by atoms with Crippen molar-refractivity contribution in [1.82, 2.24) is 0 Å². The highest BCUT2D eigenvalue weighted by atomic mass is 79.9.